The standard InChI is InChI=1S/C22H29N5O5S/c1-15(2)5-3-4-7-27-8-6-19(26-27)22(29)18-12-24-14-25-20(18)10-16-9-17(21(28)11-16)13-32-33(23,30)31/h6,8,12,14-17,21,28H,5,7,9-11,13H2,1-2H3,(H2,23,30,31)/t16-,17+,21-/m0/s1. The van der Waals surface area contributed by atoms with E-state index in [1.807, 2.05) is 0 Å². The zero-order valence-electron chi connectivity index (χ0n) is 18.7. The molecule has 2 heterocycles. The van der Waals surface area contributed by atoms with E-state index in [0.717, 1.165) is 6.42 Å². The van der Waals surface area contributed by atoms with Crippen LogP contribution >= 0.6 is 0 Å². The van der Waals surface area contributed by atoms with Crippen LogP contribution in [0.25, 0.3) is 0 Å². The summed E-state index contributed by atoms with van der Waals surface area (Å²) in [7, 11) is -4.06. The molecule has 3 N–H and O–H groups in total. The second-order valence-corrected chi connectivity index (χ2v) is 9.93. The lowest BCUT2D eigenvalue weighted by molar-refractivity contribution is 0.100. The summed E-state index contributed by atoms with van der Waals surface area (Å²) in [6.45, 7) is 4.43. The molecule has 0 aromatic carbocycles. The Labute approximate surface area is 193 Å². The van der Waals surface area contributed by atoms with Crippen LogP contribution in [0.1, 0.15) is 54.9 Å². The van der Waals surface area contributed by atoms with E-state index >= 15 is 0 Å². The number of hydrogen-bond acceptors (Lipinski definition) is 8. The molecule has 0 amide bonds. The highest BCUT2D eigenvalue weighted by molar-refractivity contribution is 7.84. The molecule has 1 aliphatic rings. The monoisotopic (exact) mass is 475 g/mol. The lowest BCUT2D eigenvalue weighted by atomic mass is 9.96. The van der Waals surface area contributed by atoms with Crippen molar-refractivity contribution >= 4 is 16.1 Å². The van der Waals surface area contributed by atoms with E-state index in [1.165, 1.54) is 12.5 Å². The minimum Gasteiger partial charge on any atom is -0.393 e. The average Bonchev–Trinajstić information content (AvgIpc) is 3.35. The molecule has 0 unspecified atom stereocenters. The van der Waals surface area contributed by atoms with Crippen LogP contribution in [-0.4, -0.2) is 51.8 Å². The van der Waals surface area contributed by atoms with Crippen LogP contribution in [0.15, 0.2) is 24.8 Å². The summed E-state index contributed by atoms with van der Waals surface area (Å²) in [4.78, 5) is 21.4. The summed E-state index contributed by atoms with van der Waals surface area (Å²) in [5.41, 5.74) is 1.20. The molecule has 0 spiro atoms. The van der Waals surface area contributed by atoms with Gasteiger partial charge in [0.15, 0.2) is 0 Å². The molecule has 2 aromatic heterocycles. The van der Waals surface area contributed by atoms with Crippen molar-refractivity contribution in [1.29, 1.82) is 0 Å². The van der Waals surface area contributed by atoms with Gasteiger partial charge in [0.1, 0.15) is 18.6 Å². The molecule has 10 nitrogen and oxygen atoms in total. The van der Waals surface area contributed by atoms with Gasteiger partial charge in [0.05, 0.1) is 24.0 Å². The first-order valence-corrected chi connectivity index (χ1v) is 12.3. The van der Waals surface area contributed by atoms with E-state index in [1.54, 1.807) is 16.9 Å². The third-order valence-electron chi connectivity index (χ3n) is 5.47. The number of aliphatic hydroxyl groups excluding tert-OH is 1. The number of nitrogens with two attached hydrogens (primary N) is 1. The highest BCUT2D eigenvalue weighted by Crippen LogP contribution is 2.34. The summed E-state index contributed by atoms with van der Waals surface area (Å²) in [5.74, 6) is 6.00. The molecule has 3 rings (SSSR count). The minimum atomic E-state index is -4.06. The zero-order valence-corrected chi connectivity index (χ0v) is 19.5. The second-order valence-electron chi connectivity index (χ2n) is 8.71. The molecular weight excluding hydrogens is 446 g/mol. The Hall–Kier alpha value is -2.65. The Kier molecular flexibility index (Phi) is 8.31. The number of aliphatic hydroxyl groups is 1. The van der Waals surface area contributed by atoms with Crippen molar-refractivity contribution in [3.63, 3.8) is 0 Å². The molecule has 0 aliphatic heterocycles. The molecule has 178 valence electrons. The van der Waals surface area contributed by atoms with Crippen molar-refractivity contribution in [2.45, 2.75) is 52.2 Å². The van der Waals surface area contributed by atoms with Crippen molar-refractivity contribution in [2.75, 3.05) is 6.61 Å². The van der Waals surface area contributed by atoms with Crippen LogP contribution in [0.4, 0.5) is 0 Å². The van der Waals surface area contributed by atoms with Crippen LogP contribution in [0, 0.1) is 29.6 Å². The topological polar surface area (TPSA) is 150 Å². The highest BCUT2D eigenvalue weighted by Gasteiger charge is 2.35. The summed E-state index contributed by atoms with van der Waals surface area (Å²) < 4.78 is 28.3. The van der Waals surface area contributed by atoms with E-state index in [0.29, 0.717) is 43.0 Å². The van der Waals surface area contributed by atoms with Gasteiger partial charge in [-0.15, -0.1) is 5.92 Å². The maximum Gasteiger partial charge on any atom is 0.333 e. The fourth-order valence-corrected chi connectivity index (χ4v) is 4.21. The van der Waals surface area contributed by atoms with Crippen molar-refractivity contribution in [3.05, 3.63) is 41.7 Å². The van der Waals surface area contributed by atoms with E-state index in [2.05, 4.69) is 44.9 Å². The van der Waals surface area contributed by atoms with Gasteiger partial charge in [-0.25, -0.2) is 15.1 Å². The lowest BCUT2D eigenvalue weighted by Gasteiger charge is -2.13. The largest absolute Gasteiger partial charge is 0.393 e. The van der Waals surface area contributed by atoms with Crippen LogP contribution < -0.4 is 5.14 Å². The van der Waals surface area contributed by atoms with Gasteiger partial charge >= 0.3 is 10.3 Å². The summed E-state index contributed by atoms with van der Waals surface area (Å²) >= 11 is 0. The number of aromatic nitrogens is 4. The Morgan fingerprint density at radius 3 is 2.88 bits per heavy atom. The third-order valence-corrected chi connectivity index (χ3v) is 5.94. The molecule has 3 atom stereocenters. The first-order chi connectivity index (χ1) is 15.6. The molecule has 33 heavy (non-hydrogen) atoms. The van der Waals surface area contributed by atoms with Crippen molar-refractivity contribution in [2.24, 2.45) is 22.9 Å². The first kappa shape index (κ1) is 25.0. The van der Waals surface area contributed by atoms with Crippen LogP contribution in [0.2, 0.25) is 0 Å². The van der Waals surface area contributed by atoms with Gasteiger partial charge in [-0.3, -0.25) is 13.7 Å². The fraction of sp³-hybridized carbons (Fsp3) is 0.545. The number of carbonyl (C=O) groups is 1. The maximum absolute atomic E-state index is 13.1. The molecule has 1 fully saturated rings. The second kappa shape index (κ2) is 11.0. The number of carbonyl (C=O) groups excluding carboxylic acids is 1. The van der Waals surface area contributed by atoms with E-state index in [-0.39, 0.29) is 29.9 Å². The number of ketones is 1. The Morgan fingerprint density at radius 2 is 2.15 bits per heavy atom. The molecule has 0 bridgehead atoms. The summed E-state index contributed by atoms with van der Waals surface area (Å²) in [6, 6.07) is 1.64. The Morgan fingerprint density at radius 1 is 1.36 bits per heavy atom. The molecule has 11 heteroatoms. The van der Waals surface area contributed by atoms with Crippen LogP contribution in [0.5, 0.6) is 0 Å². The van der Waals surface area contributed by atoms with Crippen LogP contribution in [-0.2, 0) is 27.5 Å². The van der Waals surface area contributed by atoms with Crippen molar-refractivity contribution in [3.8, 4) is 11.8 Å². The van der Waals surface area contributed by atoms with E-state index in [4.69, 9.17) is 5.14 Å². The predicted octanol–water partition coefficient (Wildman–Crippen LogP) is 1.10. The van der Waals surface area contributed by atoms with Crippen LogP contribution in [0.3, 0.4) is 0 Å². The van der Waals surface area contributed by atoms with E-state index < -0.39 is 16.4 Å². The summed E-state index contributed by atoms with van der Waals surface area (Å²) in [5, 5.41) is 19.5. The molecular formula is C22H29N5O5S. The molecule has 0 saturated heterocycles. The van der Waals surface area contributed by atoms with Gasteiger partial charge < -0.3 is 5.11 Å². The number of nitrogens with zero attached hydrogens (tertiary/aromatic N) is 4. The van der Waals surface area contributed by atoms with E-state index in [9.17, 15) is 18.3 Å². The fourth-order valence-electron chi connectivity index (χ4n) is 3.85. The summed E-state index contributed by atoms with van der Waals surface area (Å²) in [6.07, 6.45) is 6.06. The molecule has 1 aliphatic carbocycles. The molecule has 2 aromatic rings. The zero-order chi connectivity index (χ0) is 24.0. The average molecular weight is 476 g/mol. The number of hydrogen-bond donors (Lipinski definition) is 2. The molecule has 0 radical (unpaired) electrons. The SMILES string of the molecule is CC(C)CC#CCn1ccc(C(=O)c2cncnc2C[C@@H]2C[C@H](COS(N)(=O)=O)[C@@H](O)C2)n1. The first-order valence-electron chi connectivity index (χ1n) is 10.8. The van der Waals surface area contributed by atoms with Gasteiger partial charge in [0.25, 0.3) is 0 Å². The Bertz CT molecular complexity index is 1140. The highest BCUT2D eigenvalue weighted by atomic mass is 32.2. The maximum atomic E-state index is 13.1. The quantitative estimate of drug-likeness (QED) is 0.404. The van der Waals surface area contributed by atoms with Gasteiger partial charge in [0.2, 0.25) is 5.78 Å². The van der Waals surface area contributed by atoms with Gasteiger partial charge in [-0.1, -0.05) is 19.8 Å². The van der Waals surface area contributed by atoms with Gasteiger partial charge in [-0.2, -0.15) is 13.5 Å². The van der Waals surface area contributed by atoms with Crippen molar-refractivity contribution < 1.29 is 22.5 Å². The predicted molar refractivity (Wildman–Crippen MR) is 120 cm³/mol. The van der Waals surface area contributed by atoms with Crippen molar-refractivity contribution in [1.82, 2.24) is 19.7 Å². The van der Waals surface area contributed by atoms with Gasteiger partial charge in [-0.05, 0) is 37.2 Å². The third kappa shape index (κ3) is 7.43. The normalized spacial score (nSPS) is 20.6. The smallest absolute Gasteiger partial charge is 0.333 e. The lowest BCUT2D eigenvalue weighted by Crippen LogP contribution is -2.24. The molecule has 1 saturated carbocycles. The Balaban J connectivity index is 1.66. The minimum absolute atomic E-state index is 0.00400. The van der Waals surface area contributed by atoms with Gasteiger partial charge in [0, 0.05) is 24.7 Å². The number of rotatable bonds is 9.